The van der Waals surface area contributed by atoms with E-state index in [1.54, 1.807) is 12.1 Å². The minimum absolute atomic E-state index is 0.312. The smallest absolute Gasteiger partial charge is 0.240 e. The Kier molecular flexibility index (Phi) is 6.40. The molecule has 0 aliphatic heterocycles. The zero-order valence-corrected chi connectivity index (χ0v) is 18.0. The second-order valence-corrected chi connectivity index (χ2v) is 9.47. The fourth-order valence-electron chi connectivity index (χ4n) is 3.28. The summed E-state index contributed by atoms with van der Waals surface area (Å²) in [5.41, 5.74) is 4.58. The second kappa shape index (κ2) is 8.59. The van der Waals surface area contributed by atoms with E-state index in [0.717, 1.165) is 33.8 Å². The average Bonchev–Trinajstić information content (AvgIpc) is 3.06. The summed E-state index contributed by atoms with van der Waals surface area (Å²) in [4.78, 5) is 3.59. The van der Waals surface area contributed by atoms with Crippen molar-refractivity contribution in [2.75, 3.05) is 11.9 Å². The van der Waals surface area contributed by atoms with Gasteiger partial charge in [0.15, 0.2) is 0 Å². The number of nitrogens with one attached hydrogen (secondary N) is 2. The highest BCUT2D eigenvalue weighted by atomic mass is 79.9. The zero-order valence-electron chi connectivity index (χ0n) is 15.6. The van der Waals surface area contributed by atoms with Crippen LogP contribution >= 0.6 is 15.9 Å². The molecule has 1 aromatic heterocycles. The molecule has 0 unspecified atom stereocenters. The first-order valence-corrected chi connectivity index (χ1v) is 11.7. The first-order chi connectivity index (χ1) is 12.9. The lowest BCUT2D eigenvalue weighted by atomic mass is 9.99. The Balaban J connectivity index is 1.65. The molecule has 0 amide bonds. The molecule has 4 nitrogen and oxygen atoms in total. The van der Waals surface area contributed by atoms with Gasteiger partial charge < -0.3 is 4.98 Å². The molecule has 0 fully saturated rings. The van der Waals surface area contributed by atoms with E-state index in [9.17, 15) is 8.42 Å². The molecule has 1 heterocycles. The maximum Gasteiger partial charge on any atom is 0.240 e. The van der Waals surface area contributed by atoms with Gasteiger partial charge >= 0.3 is 0 Å². The van der Waals surface area contributed by atoms with Crippen LogP contribution in [-0.2, 0) is 16.4 Å². The molecule has 0 aliphatic rings. The normalized spacial score (nSPS) is 13.1. The first-order valence-electron chi connectivity index (χ1n) is 9.13. The van der Waals surface area contributed by atoms with Crippen molar-refractivity contribution in [3.05, 3.63) is 65.4 Å². The first kappa shape index (κ1) is 20.1. The summed E-state index contributed by atoms with van der Waals surface area (Å²) in [7, 11) is -3.50. The number of aryl methyl sites for hydroxylation is 1. The number of para-hydroxylation sites is 1. The lowest BCUT2D eigenvalue weighted by Crippen LogP contribution is -2.26. The molecule has 6 heteroatoms. The van der Waals surface area contributed by atoms with Crippen LogP contribution in [0.4, 0.5) is 0 Å². The molecule has 1 atom stereocenters. The number of halogens is 1. The highest BCUT2D eigenvalue weighted by Gasteiger charge is 2.15. The van der Waals surface area contributed by atoms with Gasteiger partial charge in [-0.15, -0.1) is 0 Å². The molecule has 0 radical (unpaired) electrons. The lowest BCUT2D eigenvalue weighted by Gasteiger charge is -2.11. The third kappa shape index (κ3) is 4.62. The van der Waals surface area contributed by atoms with E-state index in [0.29, 0.717) is 23.8 Å². The summed E-state index contributed by atoms with van der Waals surface area (Å²) < 4.78 is 27.8. The fraction of sp³-hybridized carbons (Fsp3) is 0.333. The Morgan fingerprint density at radius 1 is 1.15 bits per heavy atom. The van der Waals surface area contributed by atoms with Crippen LogP contribution in [0.1, 0.15) is 36.0 Å². The minimum atomic E-state index is -3.50. The van der Waals surface area contributed by atoms with Gasteiger partial charge in [0.05, 0.1) is 4.90 Å². The maximum absolute atomic E-state index is 12.6. The van der Waals surface area contributed by atoms with Gasteiger partial charge in [0, 0.05) is 29.0 Å². The Labute approximate surface area is 169 Å². The Morgan fingerprint density at radius 3 is 2.59 bits per heavy atom. The summed E-state index contributed by atoms with van der Waals surface area (Å²) in [5.74, 6) is 0.402. The van der Waals surface area contributed by atoms with E-state index in [1.165, 1.54) is 5.56 Å². The number of alkyl halides is 1. The summed E-state index contributed by atoms with van der Waals surface area (Å²) in [6.45, 7) is 4.57. The summed E-state index contributed by atoms with van der Waals surface area (Å²) in [6.07, 6.45) is 3.63. The molecule has 3 rings (SSSR count). The highest BCUT2D eigenvalue weighted by molar-refractivity contribution is 9.09. The maximum atomic E-state index is 12.6. The standard InChI is InChI=1S/C21H25BrN2O2S/c1-15(10-12-22)17-6-8-19(9-7-17)27(25,26)24-13-11-18-14-23-21-16(2)4-3-5-20(18)21/h3-9,14-15,23-24H,10-13H2,1-2H3/t15-/m1/s1. The predicted octanol–water partition coefficient (Wildman–Crippen LogP) is 4.89. The molecule has 144 valence electrons. The van der Waals surface area contributed by atoms with Crippen LogP contribution in [0.15, 0.2) is 53.6 Å². The quantitative estimate of drug-likeness (QED) is 0.482. The number of rotatable bonds is 8. The van der Waals surface area contributed by atoms with Crippen molar-refractivity contribution in [1.29, 1.82) is 0 Å². The second-order valence-electron chi connectivity index (χ2n) is 6.91. The molecule has 0 bridgehead atoms. The lowest BCUT2D eigenvalue weighted by molar-refractivity contribution is 0.581. The van der Waals surface area contributed by atoms with Crippen molar-refractivity contribution in [2.24, 2.45) is 0 Å². The van der Waals surface area contributed by atoms with Crippen LogP contribution < -0.4 is 4.72 Å². The largest absolute Gasteiger partial charge is 0.361 e. The van der Waals surface area contributed by atoms with Gasteiger partial charge in [-0.3, -0.25) is 0 Å². The monoisotopic (exact) mass is 448 g/mol. The summed E-state index contributed by atoms with van der Waals surface area (Å²) in [5, 5.41) is 2.09. The number of hydrogen-bond donors (Lipinski definition) is 2. The summed E-state index contributed by atoms with van der Waals surface area (Å²) >= 11 is 3.45. The number of aromatic nitrogens is 1. The van der Waals surface area contributed by atoms with Crippen molar-refractivity contribution in [3.63, 3.8) is 0 Å². The Hall–Kier alpha value is -1.63. The SMILES string of the molecule is Cc1cccc2c(CCNS(=O)(=O)c3ccc([C@H](C)CCBr)cc3)c[nH]c12. The molecule has 2 aromatic carbocycles. The van der Waals surface area contributed by atoms with Gasteiger partial charge in [0.2, 0.25) is 10.0 Å². The summed E-state index contributed by atoms with van der Waals surface area (Å²) in [6, 6.07) is 13.4. The van der Waals surface area contributed by atoms with E-state index < -0.39 is 10.0 Å². The van der Waals surface area contributed by atoms with Crippen LogP contribution in [0.5, 0.6) is 0 Å². The van der Waals surface area contributed by atoms with E-state index in [-0.39, 0.29) is 0 Å². The zero-order chi connectivity index (χ0) is 19.4. The van der Waals surface area contributed by atoms with Gasteiger partial charge in [-0.25, -0.2) is 13.1 Å². The van der Waals surface area contributed by atoms with Gasteiger partial charge in [-0.2, -0.15) is 0 Å². The van der Waals surface area contributed by atoms with Gasteiger partial charge in [0.1, 0.15) is 0 Å². The molecule has 0 aliphatic carbocycles. The van der Waals surface area contributed by atoms with Crippen LogP contribution in [0.25, 0.3) is 10.9 Å². The van der Waals surface area contributed by atoms with Gasteiger partial charge in [-0.1, -0.05) is 53.2 Å². The molecular weight excluding hydrogens is 424 g/mol. The van der Waals surface area contributed by atoms with Crippen LogP contribution in [0, 0.1) is 6.92 Å². The average molecular weight is 449 g/mol. The number of hydrogen-bond acceptors (Lipinski definition) is 2. The Morgan fingerprint density at radius 2 is 1.89 bits per heavy atom. The fourth-order valence-corrected chi connectivity index (χ4v) is 5.00. The van der Waals surface area contributed by atoms with Crippen molar-refractivity contribution in [3.8, 4) is 0 Å². The van der Waals surface area contributed by atoms with Crippen molar-refractivity contribution in [2.45, 2.75) is 37.5 Å². The van der Waals surface area contributed by atoms with E-state index >= 15 is 0 Å². The molecule has 0 saturated carbocycles. The number of aromatic amines is 1. The van der Waals surface area contributed by atoms with Crippen LogP contribution in [-0.4, -0.2) is 25.3 Å². The van der Waals surface area contributed by atoms with Crippen molar-refractivity contribution in [1.82, 2.24) is 9.71 Å². The third-order valence-electron chi connectivity index (χ3n) is 5.00. The van der Waals surface area contributed by atoms with Crippen LogP contribution in [0.3, 0.4) is 0 Å². The predicted molar refractivity (Wildman–Crippen MR) is 115 cm³/mol. The van der Waals surface area contributed by atoms with Gasteiger partial charge in [0.25, 0.3) is 0 Å². The Bertz CT molecular complexity index is 1010. The van der Waals surface area contributed by atoms with E-state index in [2.05, 4.69) is 51.6 Å². The molecule has 27 heavy (non-hydrogen) atoms. The third-order valence-corrected chi connectivity index (χ3v) is 6.93. The van der Waals surface area contributed by atoms with E-state index in [1.807, 2.05) is 24.4 Å². The van der Waals surface area contributed by atoms with Gasteiger partial charge in [-0.05, 0) is 54.5 Å². The van der Waals surface area contributed by atoms with E-state index in [4.69, 9.17) is 0 Å². The number of benzene rings is 2. The molecule has 2 N–H and O–H groups in total. The number of H-pyrrole nitrogens is 1. The molecule has 3 aromatic rings. The highest BCUT2D eigenvalue weighted by Crippen LogP contribution is 2.23. The molecule has 0 spiro atoms. The van der Waals surface area contributed by atoms with Crippen molar-refractivity contribution >= 4 is 36.9 Å². The molecular formula is C21H25BrN2O2S. The molecule has 0 saturated heterocycles. The van der Waals surface area contributed by atoms with Crippen LogP contribution in [0.2, 0.25) is 0 Å². The topological polar surface area (TPSA) is 62.0 Å². The number of sulfonamides is 1. The van der Waals surface area contributed by atoms with Crippen molar-refractivity contribution < 1.29 is 8.42 Å². The minimum Gasteiger partial charge on any atom is -0.361 e. The number of fused-ring (bicyclic) bond motifs is 1.